The Morgan fingerprint density at radius 1 is 0.500 bits per heavy atom. The van der Waals surface area contributed by atoms with Crippen LogP contribution in [0.15, 0.2) is 30.3 Å². The Hall–Kier alpha value is -1.19. The van der Waals surface area contributed by atoms with E-state index in [1.807, 2.05) is 32.3 Å². The van der Waals surface area contributed by atoms with Crippen molar-refractivity contribution in [3.63, 3.8) is 0 Å². The van der Waals surface area contributed by atoms with E-state index >= 15 is 0 Å². The van der Waals surface area contributed by atoms with Gasteiger partial charge in [-0.15, -0.1) is 0 Å². The number of hydrogen-bond donors (Lipinski definition) is 0. The van der Waals surface area contributed by atoms with Crippen LogP contribution in [0.4, 0.5) is 0 Å². The first kappa shape index (κ1) is 48.8. The second kappa shape index (κ2) is 30.1. The van der Waals surface area contributed by atoms with Crippen LogP contribution < -0.4 is 0 Å². The number of likely N-dealkylation sites (N-methyl/N-ethyl adjacent to an activating group) is 4. The minimum absolute atomic E-state index is 0.334. The molecular formula is C40H82N8O3S. The SMILES string of the molecule is CN(C)CCN1CCCC1.CN(C)CCN1CCCCC1.CN(C)CCN1CCOCC1.CN(C)CCN1CCS(=O)(=O)CC1.Cc1ccccc1. The molecule has 0 unspecified atom stereocenters. The lowest BCUT2D eigenvalue weighted by molar-refractivity contribution is 0.0354. The van der Waals surface area contributed by atoms with Crippen molar-refractivity contribution in [1.29, 1.82) is 0 Å². The number of aryl methyl sites for hydroxylation is 1. The number of sulfone groups is 1. The summed E-state index contributed by atoms with van der Waals surface area (Å²) in [6, 6.07) is 10.3. The molecule has 0 saturated carbocycles. The summed E-state index contributed by atoms with van der Waals surface area (Å²) in [5.74, 6) is 0.668. The smallest absolute Gasteiger partial charge is 0.152 e. The van der Waals surface area contributed by atoms with Crippen LogP contribution in [0.1, 0.15) is 37.7 Å². The first-order chi connectivity index (χ1) is 24.8. The Morgan fingerprint density at radius 3 is 1.15 bits per heavy atom. The highest BCUT2D eigenvalue weighted by Crippen LogP contribution is 2.08. The molecule has 12 heteroatoms. The summed E-state index contributed by atoms with van der Waals surface area (Å²) in [6.07, 6.45) is 7.08. The van der Waals surface area contributed by atoms with Crippen LogP contribution in [0.5, 0.6) is 0 Å². The highest BCUT2D eigenvalue weighted by Gasteiger charge is 2.21. The average molecular weight is 755 g/mol. The first-order valence-electron chi connectivity index (χ1n) is 20.0. The zero-order valence-corrected chi connectivity index (χ0v) is 36.1. The summed E-state index contributed by atoms with van der Waals surface area (Å²) in [5.41, 5.74) is 1.32. The molecule has 4 fully saturated rings. The third-order valence-corrected chi connectivity index (χ3v) is 11.2. The molecule has 4 aliphatic rings. The third kappa shape index (κ3) is 29.2. The van der Waals surface area contributed by atoms with E-state index in [9.17, 15) is 8.42 Å². The molecule has 306 valence electrons. The van der Waals surface area contributed by atoms with Gasteiger partial charge in [-0.25, -0.2) is 8.42 Å². The topological polar surface area (TPSA) is 69.3 Å². The highest BCUT2D eigenvalue weighted by molar-refractivity contribution is 7.91. The molecule has 0 atom stereocenters. The number of likely N-dealkylation sites (tertiary alicyclic amines) is 2. The van der Waals surface area contributed by atoms with E-state index in [-0.39, 0.29) is 0 Å². The van der Waals surface area contributed by atoms with Gasteiger partial charge in [0.25, 0.3) is 0 Å². The number of piperidine rings is 1. The fraction of sp³-hybridized carbons (Fsp3) is 0.850. The number of nitrogens with zero attached hydrogens (tertiary/aromatic N) is 8. The average Bonchev–Trinajstić information content (AvgIpc) is 3.65. The second-order valence-corrected chi connectivity index (χ2v) is 18.1. The predicted molar refractivity (Wildman–Crippen MR) is 224 cm³/mol. The molecule has 1 aromatic rings. The minimum Gasteiger partial charge on any atom is -0.379 e. The monoisotopic (exact) mass is 755 g/mol. The van der Waals surface area contributed by atoms with Crippen LogP contribution in [0.3, 0.4) is 0 Å². The molecule has 0 aromatic heterocycles. The van der Waals surface area contributed by atoms with Gasteiger partial charge in [-0.2, -0.15) is 0 Å². The molecular weight excluding hydrogens is 673 g/mol. The van der Waals surface area contributed by atoms with E-state index in [0.29, 0.717) is 24.6 Å². The van der Waals surface area contributed by atoms with E-state index < -0.39 is 9.84 Å². The van der Waals surface area contributed by atoms with E-state index in [4.69, 9.17) is 4.74 Å². The maximum atomic E-state index is 11.1. The van der Waals surface area contributed by atoms with Gasteiger partial charge in [-0.1, -0.05) is 42.3 Å². The van der Waals surface area contributed by atoms with Crippen molar-refractivity contribution in [2.24, 2.45) is 0 Å². The van der Waals surface area contributed by atoms with Crippen molar-refractivity contribution in [2.45, 2.75) is 39.0 Å². The minimum atomic E-state index is -2.71. The number of benzene rings is 1. The quantitative estimate of drug-likeness (QED) is 0.317. The summed E-state index contributed by atoms with van der Waals surface area (Å²) >= 11 is 0. The van der Waals surface area contributed by atoms with Crippen molar-refractivity contribution in [1.82, 2.24) is 39.2 Å². The van der Waals surface area contributed by atoms with Gasteiger partial charge in [-0.3, -0.25) is 4.90 Å². The fourth-order valence-corrected chi connectivity index (χ4v) is 7.16. The van der Waals surface area contributed by atoms with Gasteiger partial charge in [0.2, 0.25) is 0 Å². The van der Waals surface area contributed by atoms with Gasteiger partial charge in [-0.05, 0) is 115 Å². The van der Waals surface area contributed by atoms with Crippen LogP contribution in [0.25, 0.3) is 0 Å². The van der Waals surface area contributed by atoms with E-state index in [1.165, 1.54) is 96.6 Å². The number of morpholine rings is 1. The lowest BCUT2D eigenvalue weighted by atomic mass is 10.1. The van der Waals surface area contributed by atoms with Crippen molar-refractivity contribution in [3.8, 4) is 0 Å². The first-order valence-corrected chi connectivity index (χ1v) is 21.9. The summed E-state index contributed by atoms with van der Waals surface area (Å²) < 4.78 is 27.4. The highest BCUT2D eigenvalue weighted by atomic mass is 32.2. The third-order valence-electron chi connectivity index (χ3n) is 9.58. The predicted octanol–water partition coefficient (Wildman–Crippen LogP) is 2.83. The Labute approximate surface area is 322 Å². The maximum absolute atomic E-state index is 11.1. The molecule has 0 bridgehead atoms. The van der Waals surface area contributed by atoms with Gasteiger partial charge in [0.1, 0.15) is 0 Å². The Kier molecular flexibility index (Phi) is 28.2. The van der Waals surface area contributed by atoms with E-state index in [1.54, 1.807) is 0 Å². The number of rotatable bonds is 12. The summed E-state index contributed by atoms with van der Waals surface area (Å²) in [4.78, 5) is 18.6. The molecule has 4 heterocycles. The van der Waals surface area contributed by atoms with Crippen LogP contribution >= 0.6 is 0 Å². The van der Waals surface area contributed by atoms with Crippen LogP contribution in [-0.2, 0) is 14.6 Å². The Balaban J connectivity index is 0.000000329. The largest absolute Gasteiger partial charge is 0.379 e. The molecule has 5 rings (SSSR count). The zero-order valence-electron chi connectivity index (χ0n) is 35.3. The van der Waals surface area contributed by atoms with Gasteiger partial charge in [0.15, 0.2) is 9.84 Å². The van der Waals surface area contributed by atoms with Crippen molar-refractivity contribution >= 4 is 9.84 Å². The van der Waals surface area contributed by atoms with Gasteiger partial charge in [0.05, 0.1) is 24.7 Å². The summed E-state index contributed by atoms with van der Waals surface area (Å²) in [6.45, 7) is 22.1. The normalized spacial score (nSPS) is 19.9. The standard InChI is InChI=1S/C9H20N2.C8H18N2O2S.C8H18N2O.C8H18N2.C7H8/c1-10(2)8-9-11-6-4-3-5-7-11;1-9(2)3-4-10-5-7-13(11,12)8-6-10;1-9(2)3-4-10-5-7-11-8-6-10;1-9(2)7-8-10-5-3-4-6-10;1-7-5-3-2-4-6-7/h3-9H2,1-2H3;3-8H2,1-2H3;3-8H2,1-2H3;3-8H2,1-2H3;2-6H,1H3. The molecule has 11 nitrogen and oxygen atoms in total. The fourth-order valence-electron chi connectivity index (χ4n) is 5.89. The Bertz CT molecular complexity index is 1000. The summed E-state index contributed by atoms with van der Waals surface area (Å²) in [5, 5.41) is 0. The second-order valence-electron chi connectivity index (χ2n) is 15.8. The molecule has 4 aliphatic heterocycles. The molecule has 0 radical (unpaired) electrons. The van der Waals surface area contributed by atoms with Gasteiger partial charge >= 0.3 is 0 Å². The zero-order chi connectivity index (χ0) is 38.6. The Morgan fingerprint density at radius 2 is 0.827 bits per heavy atom. The van der Waals surface area contributed by atoms with Crippen molar-refractivity contribution in [3.05, 3.63) is 35.9 Å². The number of ether oxygens (including phenoxy) is 1. The molecule has 0 N–H and O–H groups in total. The van der Waals surface area contributed by atoms with Crippen molar-refractivity contribution < 1.29 is 13.2 Å². The molecule has 52 heavy (non-hydrogen) atoms. The lowest BCUT2D eigenvalue weighted by Crippen LogP contribution is -2.42. The van der Waals surface area contributed by atoms with Crippen LogP contribution in [0.2, 0.25) is 0 Å². The molecule has 1 aromatic carbocycles. The molecule has 4 saturated heterocycles. The van der Waals surface area contributed by atoms with E-state index in [0.717, 1.165) is 45.9 Å². The van der Waals surface area contributed by atoms with Crippen LogP contribution in [0, 0.1) is 6.92 Å². The molecule has 0 aliphatic carbocycles. The molecule has 0 spiro atoms. The maximum Gasteiger partial charge on any atom is 0.152 e. The van der Waals surface area contributed by atoms with Gasteiger partial charge in [0, 0.05) is 78.5 Å². The van der Waals surface area contributed by atoms with Gasteiger partial charge < -0.3 is 39.0 Å². The summed E-state index contributed by atoms with van der Waals surface area (Å²) in [7, 11) is 14.1. The van der Waals surface area contributed by atoms with Crippen molar-refractivity contribution in [2.75, 3.05) is 186 Å². The van der Waals surface area contributed by atoms with E-state index in [2.05, 4.69) is 101 Å². The molecule has 0 amide bonds. The van der Waals surface area contributed by atoms with Crippen LogP contribution in [-0.4, -0.2) is 233 Å². The number of hydrogen-bond acceptors (Lipinski definition) is 11. The lowest BCUT2D eigenvalue weighted by Gasteiger charge is -2.27.